The summed E-state index contributed by atoms with van der Waals surface area (Å²) in [5.74, 6) is -0.0401. The molecule has 3 heterocycles. The zero-order valence-corrected chi connectivity index (χ0v) is 15.3. The van der Waals surface area contributed by atoms with E-state index in [2.05, 4.69) is 4.98 Å². The Morgan fingerprint density at radius 3 is 2.52 bits per heavy atom. The predicted octanol–water partition coefficient (Wildman–Crippen LogP) is 2.42. The van der Waals surface area contributed by atoms with E-state index < -0.39 is 0 Å². The average Bonchev–Trinajstić information content (AvgIpc) is 3.11. The summed E-state index contributed by atoms with van der Waals surface area (Å²) in [7, 11) is 1.82. The van der Waals surface area contributed by atoms with Crippen LogP contribution in [0.2, 0.25) is 0 Å². The summed E-state index contributed by atoms with van der Waals surface area (Å²) in [6.45, 7) is 1.12. The molecule has 2 bridgehead atoms. The maximum Gasteiger partial charge on any atom is 0.410 e. The molecule has 4 rings (SSSR count). The van der Waals surface area contributed by atoms with Gasteiger partial charge in [-0.05, 0) is 18.4 Å². The van der Waals surface area contributed by atoms with Gasteiger partial charge in [0.25, 0.3) is 0 Å². The number of hydrogen-bond acceptors (Lipinski definition) is 5. The van der Waals surface area contributed by atoms with Crippen molar-refractivity contribution < 1.29 is 19.1 Å². The molecule has 0 saturated carbocycles. The second kappa shape index (κ2) is 7.52. The SMILES string of the molecule is Cn1cncc1C(=O)C1CC2COCC(C1)N2C(=O)OCc1ccccc1. The molecule has 0 aliphatic carbocycles. The van der Waals surface area contributed by atoms with Gasteiger partial charge < -0.3 is 14.0 Å². The lowest BCUT2D eigenvalue weighted by Crippen LogP contribution is -2.60. The van der Waals surface area contributed by atoms with Gasteiger partial charge in [-0.15, -0.1) is 0 Å². The van der Waals surface area contributed by atoms with Crippen molar-refractivity contribution in [3.8, 4) is 0 Å². The lowest BCUT2D eigenvalue weighted by Gasteiger charge is -2.47. The van der Waals surface area contributed by atoms with Crippen LogP contribution in [0, 0.1) is 5.92 Å². The largest absolute Gasteiger partial charge is 0.445 e. The Kier molecular flexibility index (Phi) is 4.94. The summed E-state index contributed by atoms with van der Waals surface area (Å²) in [6.07, 6.45) is 4.08. The Labute approximate surface area is 157 Å². The first-order chi connectivity index (χ1) is 13.1. The number of carbonyl (C=O) groups is 2. The summed E-state index contributed by atoms with van der Waals surface area (Å²) in [6, 6.07) is 9.34. The number of aryl methyl sites for hydroxylation is 1. The van der Waals surface area contributed by atoms with E-state index in [1.165, 1.54) is 0 Å². The van der Waals surface area contributed by atoms with Gasteiger partial charge in [0.05, 0.1) is 37.8 Å². The van der Waals surface area contributed by atoms with Crippen molar-refractivity contribution in [2.24, 2.45) is 13.0 Å². The van der Waals surface area contributed by atoms with E-state index in [-0.39, 0.29) is 36.5 Å². The summed E-state index contributed by atoms with van der Waals surface area (Å²) in [5.41, 5.74) is 1.56. The molecule has 2 fully saturated rings. The highest BCUT2D eigenvalue weighted by Gasteiger charge is 2.44. The molecule has 27 heavy (non-hydrogen) atoms. The van der Waals surface area contributed by atoms with Crippen LogP contribution in [-0.4, -0.2) is 51.6 Å². The van der Waals surface area contributed by atoms with E-state index in [0.29, 0.717) is 31.7 Å². The number of amides is 1. The van der Waals surface area contributed by atoms with Gasteiger partial charge in [-0.3, -0.25) is 9.69 Å². The van der Waals surface area contributed by atoms with Crippen molar-refractivity contribution in [2.45, 2.75) is 31.5 Å². The fourth-order valence-electron chi connectivity index (χ4n) is 4.02. The third kappa shape index (κ3) is 3.60. The van der Waals surface area contributed by atoms with Crippen molar-refractivity contribution in [3.63, 3.8) is 0 Å². The number of benzene rings is 1. The molecule has 7 nitrogen and oxygen atoms in total. The molecule has 0 spiro atoms. The van der Waals surface area contributed by atoms with Gasteiger partial charge in [-0.1, -0.05) is 30.3 Å². The Morgan fingerprint density at radius 1 is 1.19 bits per heavy atom. The van der Waals surface area contributed by atoms with Crippen LogP contribution >= 0.6 is 0 Å². The molecule has 2 aromatic rings. The maximum absolute atomic E-state index is 12.9. The minimum absolute atomic E-state index is 0.0872. The molecule has 2 aliphatic heterocycles. The van der Waals surface area contributed by atoms with Crippen molar-refractivity contribution >= 4 is 11.9 Å². The van der Waals surface area contributed by atoms with Gasteiger partial charge in [-0.25, -0.2) is 9.78 Å². The van der Waals surface area contributed by atoms with Crippen LogP contribution in [0.3, 0.4) is 0 Å². The van der Waals surface area contributed by atoms with Crippen molar-refractivity contribution in [2.75, 3.05) is 13.2 Å². The monoisotopic (exact) mass is 369 g/mol. The molecule has 7 heteroatoms. The molecule has 1 aromatic heterocycles. The number of morpholine rings is 1. The third-order valence-corrected chi connectivity index (χ3v) is 5.38. The lowest BCUT2D eigenvalue weighted by atomic mass is 9.82. The Morgan fingerprint density at radius 2 is 1.89 bits per heavy atom. The van der Waals surface area contributed by atoms with Gasteiger partial charge in [-0.2, -0.15) is 0 Å². The highest BCUT2D eigenvalue weighted by atomic mass is 16.6. The summed E-state index contributed by atoms with van der Waals surface area (Å²) >= 11 is 0. The molecule has 1 amide bonds. The first kappa shape index (κ1) is 17.7. The van der Waals surface area contributed by atoms with E-state index in [9.17, 15) is 9.59 Å². The fraction of sp³-hybridized carbons (Fsp3) is 0.450. The topological polar surface area (TPSA) is 73.7 Å². The summed E-state index contributed by atoms with van der Waals surface area (Å²) in [4.78, 5) is 31.4. The van der Waals surface area contributed by atoms with Gasteiger partial charge in [0.2, 0.25) is 0 Å². The molecule has 0 N–H and O–H groups in total. The van der Waals surface area contributed by atoms with Gasteiger partial charge in [0.1, 0.15) is 12.3 Å². The number of imidazole rings is 1. The zero-order valence-electron chi connectivity index (χ0n) is 15.3. The number of piperidine rings is 1. The quantitative estimate of drug-likeness (QED) is 0.774. The van der Waals surface area contributed by atoms with Crippen LogP contribution in [0.1, 0.15) is 28.9 Å². The molecule has 2 unspecified atom stereocenters. The minimum Gasteiger partial charge on any atom is -0.445 e. The van der Waals surface area contributed by atoms with Gasteiger partial charge in [0, 0.05) is 13.0 Å². The van der Waals surface area contributed by atoms with E-state index in [1.54, 1.807) is 22.0 Å². The van der Waals surface area contributed by atoms with Crippen LogP contribution in [0.15, 0.2) is 42.9 Å². The number of carbonyl (C=O) groups excluding carboxylic acids is 2. The number of nitrogens with zero attached hydrogens (tertiary/aromatic N) is 3. The predicted molar refractivity (Wildman–Crippen MR) is 97.1 cm³/mol. The van der Waals surface area contributed by atoms with Crippen LogP contribution < -0.4 is 0 Å². The highest BCUT2D eigenvalue weighted by Crippen LogP contribution is 2.34. The molecule has 2 saturated heterocycles. The molecule has 1 aromatic carbocycles. The standard InChI is InChI=1S/C20H23N3O4/c1-22-13-21-9-18(22)19(24)15-7-16-11-26-12-17(8-15)23(16)20(25)27-10-14-5-3-2-4-6-14/h2-6,9,13,15-17H,7-8,10-12H2,1H3. The lowest BCUT2D eigenvalue weighted by molar-refractivity contribution is -0.0756. The van der Waals surface area contributed by atoms with Gasteiger partial charge >= 0.3 is 6.09 Å². The van der Waals surface area contributed by atoms with Crippen LogP contribution in [-0.2, 0) is 23.1 Å². The zero-order chi connectivity index (χ0) is 18.8. The highest BCUT2D eigenvalue weighted by molar-refractivity contribution is 5.96. The third-order valence-electron chi connectivity index (χ3n) is 5.38. The van der Waals surface area contributed by atoms with Crippen molar-refractivity contribution in [3.05, 3.63) is 54.1 Å². The Bertz CT molecular complexity index is 806. The first-order valence-electron chi connectivity index (χ1n) is 9.20. The summed E-state index contributed by atoms with van der Waals surface area (Å²) < 4.78 is 12.9. The van der Waals surface area contributed by atoms with E-state index in [4.69, 9.17) is 9.47 Å². The normalized spacial score (nSPS) is 24.5. The molecule has 2 atom stereocenters. The number of ketones is 1. The van der Waals surface area contributed by atoms with Crippen LogP contribution in [0.4, 0.5) is 4.79 Å². The first-order valence-corrected chi connectivity index (χ1v) is 9.20. The van der Waals surface area contributed by atoms with Crippen molar-refractivity contribution in [1.29, 1.82) is 0 Å². The average molecular weight is 369 g/mol. The molecular weight excluding hydrogens is 346 g/mol. The number of hydrogen-bond donors (Lipinski definition) is 0. The number of rotatable bonds is 4. The van der Waals surface area contributed by atoms with Crippen molar-refractivity contribution in [1.82, 2.24) is 14.5 Å². The van der Waals surface area contributed by atoms with Gasteiger partial charge in [0.15, 0.2) is 5.78 Å². The Balaban J connectivity index is 1.43. The fourth-order valence-corrected chi connectivity index (χ4v) is 4.02. The second-order valence-electron chi connectivity index (χ2n) is 7.21. The number of fused-ring (bicyclic) bond motifs is 2. The molecule has 2 aliphatic rings. The van der Waals surface area contributed by atoms with Crippen LogP contribution in [0.5, 0.6) is 0 Å². The minimum atomic E-state index is -0.330. The molecule has 0 radical (unpaired) electrons. The maximum atomic E-state index is 12.9. The van der Waals surface area contributed by atoms with E-state index in [1.807, 2.05) is 37.4 Å². The summed E-state index contributed by atoms with van der Waals surface area (Å²) in [5, 5.41) is 0. The number of aromatic nitrogens is 2. The number of ether oxygens (including phenoxy) is 2. The molecular formula is C20H23N3O4. The number of Topliss-reactive ketones (excluding diaryl/α,β-unsaturated/α-hetero) is 1. The second-order valence-corrected chi connectivity index (χ2v) is 7.21. The smallest absolute Gasteiger partial charge is 0.410 e. The van der Waals surface area contributed by atoms with E-state index in [0.717, 1.165) is 5.56 Å². The Hall–Kier alpha value is -2.67. The molecule has 142 valence electrons. The van der Waals surface area contributed by atoms with E-state index >= 15 is 0 Å². The van der Waals surface area contributed by atoms with Crippen LogP contribution in [0.25, 0.3) is 0 Å².